The molecule has 4 heteroatoms. The van der Waals surface area contributed by atoms with Gasteiger partial charge >= 0.3 is 5.97 Å². The molecular formula is C11H16N2O2. The van der Waals surface area contributed by atoms with Crippen LogP contribution in [0.2, 0.25) is 0 Å². The van der Waals surface area contributed by atoms with Crippen molar-refractivity contribution >= 4 is 11.8 Å². The predicted molar refractivity (Wildman–Crippen MR) is 59.0 cm³/mol. The lowest BCUT2D eigenvalue weighted by atomic mass is 10.2. The second kappa shape index (κ2) is 6.01. The summed E-state index contributed by atoms with van der Waals surface area (Å²) in [6.07, 6.45) is 2.64. The van der Waals surface area contributed by atoms with Gasteiger partial charge in [-0.1, -0.05) is 6.92 Å². The first-order valence-corrected chi connectivity index (χ1v) is 5.15. The number of carbonyl (C=O) groups excluding carboxylic acids is 1. The minimum Gasteiger partial charge on any atom is -0.462 e. The van der Waals surface area contributed by atoms with Gasteiger partial charge in [0.05, 0.1) is 6.61 Å². The van der Waals surface area contributed by atoms with E-state index >= 15 is 0 Å². The maximum Gasteiger partial charge on any atom is 0.341 e. The highest BCUT2D eigenvalue weighted by Gasteiger charge is 2.11. The Bertz CT molecular complexity index is 326. The molecule has 0 aliphatic carbocycles. The normalized spacial score (nSPS) is 9.73. The number of hydrogen-bond donors (Lipinski definition) is 1. The number of ether oxygens (including phenoxy) is 1. The summed E-state index contributed by atoms with van der Waals surface area (Å²) in [5.74, 6) is 0.266. The van der Waals surface area contributed by atoms with Gasteiger partial charge in [0, 0.05) is 12.7 Å². The first-order valence-electron chi connectivity index (χ1n) is 5.15. The van der Waals surface area contributed by atoms with Crippen LogP contribution in [0.3, 0.4) is 0 Å². The van der Waals surface area contributed by atoms with E-state index in [1.165, 1.54) is 0 Å². The Kier molecular flexibility index (Phi) is 4.60. The third-order valence-corrected chi connectivity index (χ3v) is 1.85. The van der Waals surface area contributed by atoms with E-state index in [1.54, 1.807) is 25.3 Å². The number of esters is 1. The van der Waals surface area contributed by atoms with E-state index in [0.29, 0.717) is 18.0 Å². The topological polar surface area (TPSA) is 51.2 Å². The van der Waals surface area contributed by atoms with Crippen LogP contribution in [0.15, 0.2) is 18.3 Å². The molecule has 0 amide bonds. The van der Waals surface area contributed by atoms with E-state index in [4.69, 9.17) is 4.74 Å². The minimum atomic E-state index is -0.329. The first-order chi connectivity index (χ1) is 7.29. The molecule has 15 heavy (non-hydrogen) atoms. The molecule has 0 aliphatic rings. The van der Waals surface area contributed by atoms with Crippen LogP contribution in [-0.4, -0.2) is 24.1 Å². The number of rotatable bonds is 5. The Morgan fingerprint density at radius 3 is 3.00 bits per heavy atom. The van der Waals surface area contributed by atoms with Gasteiger partial charge in [0.25, 0.3) is 0 Å². The zero-order valence-corrected chi connectivity index (χ0v) is 9.12. The summed E-state index contributed by atoms with van der Waals surface area (Å²) < 4.78 is 4.93. The monoisotopic (exact) mass is 208 g/mol. The summed E-state index contributed by atoms with van der Waals surface area (Å²) in [6, 6.07) is 3.44. The second-order valence-electron chi connectivity index (χ2n) is 3.05. The molecule has 1 heterocycles. The molecule has 0 fully saturated rings. The van der Waals surface area contributed by atoms with Crippen molar-refractivity contribution in [3.8, 4) is 0 Å². The molecule has 1 rings (SSSR count). The molecule has 82 valence electrons. The smallest absolute Gasteiger partial charge is 0.341 e. The molecule has 1 aromatic rings. The van der Waals surface area contributed by atoms with Gasteiger partial charge in [0.1, 0.15) is 11.4 Å². The van der Waals surface area contributed by atoms with Crippen LogP contribution in [0.5, 0.6) is 0 Å². The third-order valence-electron chi connectivity index (χ3n) is 1.85. The maximum absolute atomic E-state index is 11.5. The number of hydrogen-bond acceptors (Lipinski definition) is 4. The lowest BCUT2D eigenvalue weighted by Gasteiger charge is -2.08. The zero-order valence-electron chi connectivity index (χ0n) is 9.12. The second-order valence-corrected chi connectivity index (χ2v) is 3.05. The lowest BCUT2D eigenvalue weighted by molar-refractivity contribution is 0.0527. The Hall–Kier alpha value is -1.58. The van der Waals surface area contributed by atoms with Crippen LogP contribution in [0, 0.1) is 0 Å². The van der Waals surface area contributed by atoms with Crippen molar-refractivity contribution in [2.75, 3.05) is 18.5 Å². The van der Waals surface area contributed by atoms with E-state index < -0.39 is 0 Å². The molecule has 0 bridgehead atoms. The Balaban J connectivity index is 2.80. The van der Waals surface area contributed by atoms with Crippen LogP contribution < -0.4 is 5.32 Å². The van der Waals surface area contributed by atoms with E-state index in [0.717, 1.165) is 13.0 Å². The molecule has 0 radical (unpaired) electrons. The van der Waals surface area contributed by atoms with Crippen molar-refractivity contribution < 1.29 is 9.53 Å². The highest BCUT2D eigenvalue weighted by molar-refractivity contribution is 5.94. The maximum atomic E-state index is 11.5. The highest BCUT2D eigenvalue weighted by Crippen LogP contribution is 2.12. The lowest BCUT2D eigenvalue weighted by Crippen LogP contribution is -2.11. The molecule has 0 unspecified atom stereocenters. The molecule has 0 atom stereocenters. The number of nitrogens with one attached hydrogen (secondary N) is 1. The van der Waals surface area contributed by atoms with Gasteiger partial charge in [0.2, 0.25) is 0 Å². The fourth-order valence-corrected chi connectivity index (χ4v) is 1.16. The molecule has 0 aromatic carbocycles. The first kappa shape index (κ1) is 11.5. The summed E-state index contributed by atoms with van der Waals surface area (Å²) in [5, 5.41) is 3.09. The SMILES string of the molecule is CCCNc1ncccc1C(=O)OCC. The molecule has 1 aromatic heterocycles. The Morgan fingerprint density at radius 1 is 1.53 bits per heavy atom. The van der Waals surface area contributed by atoms with Gasteiger partial charge in [-0.15, -0.1) is 0 Å². The van der Waals surface area contributed by atoms with E-state index in [2.05, 4.69) is 17.2 Å². The van der Waals surface area contributed by atoms with Crippen molar-refractivity contribution in [1.82, 2.24) is 4.98 Å². The minimum absolute atomic E-state index is 0.329. The molecule has 1 N–H and O–H groups in total. The van der Waals surface area contributed by atoms with Gasteiger partial charge in [-0.3, -0.25) is 0 Å². The van der Waals surface area contributed by atoms with Gasteiger partial charge in [-0.05, 0) is 25.5 Å². The number of anilines is 1. The van der Waals surface area contributed by atoms with Crippen molar-refractivity contribution in [2.24, 2.45) is 0 Å². The van der Waals surface area contributed by atoms with Crippen LogP contribution >= 0.6 is 0 Å². The molecule has 0 spiro atoms. The summed E-state index contributed by atoms with van der Waals surface area (Å²) in [5.41, 5.74) is 0.493. The van der Waals surface area contributed by atoms with Crippen LogP contribution in [-0.2, 0) is 4.74 Å². The summed E-state index contributed by atoms with van der Waals surface area (Å²) >= 11 is 0. The highest BCUT2D eigenvalue weighted by atomic mass is 16.5. The van der Waals surface area contributed by atoms with Crippen LogP contribution in [0.4, 0.5) is 5.82 Å². The van der Waals surface area contributed by atoms with Crippen molar-refractivity contribution in [3.05, 3.63) is 23.9 Å². The predicted octanol–water partition coefficient (Wildman–Crippen LogP) is 2.08. The number of nitrogens with zero attached hydrogens (tertiary/aromatic N) is 1. The van der Waals surface area contributed by atoms with Gasteiger partial charge in [-0.25, -0.2) is 9.78 Å². The molecule has 0 saturated heterocycles. The molecule has 0 saturated carbocycles. The summed E-state index contributed by atoms with van der Waals surface area (Å²) in [7, 11) is 0. The fourth-order valence-electron chi connectivity index (χ4n) is 1.16. The van der Waals surface area contributed by atoms with Crippen LogP contribution in [0.25, 0.3) is 0 Å². The summed E-state index contributed by atoms with van der Waals surface area (Å²) in [6.45, 7) is 5.01. The van der Waals surface area contributed by atoms with E-state index in [1.807, 2.05) is 0 Å². The van der Waals surface area contributed by atoms with Crippen molar-refractivity contribution in [1.29, 1.82) is 0 Å². The Labute approximate surface area is 89.7 Å². The van der Waals surface area contributed by atoms with Crippen molar-refractivity contribution in [2.45, 2.75) is 20.3 Å². The fraction of sp³-hybridized carbons (Fsp3) is 0.455. The Morgan fingerprint density at radius 2 is 2.33 bits per heavy atom. The molecule has 4 nitrogen and oxygen atoms in total. The quantitative estimate of drug-likeness (QED) is 0.753. The summed E-state index contributed by atoms with van der Waals surface area (Å²) in [4.78, 5) is 15.6. The average molecular weight is 208 g/mol. The van der Waals surface area contributed by atoms with E-state index in [9.17, 15) is 4.79 Å². The average Bonchev–Trinajstić information content (AvgIpc) is 2.27. The largest absolute Gasteiger partial charge is 0.462 e. The molecular weight excluding hydrogens is 192 g/mol. The van der Waals surface area contributed by atoms with E-state index in [-0.39, 0.29) is 5.97 Å². The molecule has 0 aliphatic heterocycles. The van der Waals surface area contributed by atoms with Gasteiger partial charge in [-0.2, -0.15) is 0 Å². The van der Waals surface area contributed by atoms with Gasteiger partial charge in [0.15, 0.2) is 0 Å². The standard InChI is InChI=1S/C11H16N2O2/c1-3-7-12-10-9(6-5-8-13-10)11(14)15-4-2/h5-6,8H,3-4,7H2,1-2H3,(H,12,13). The zero-order chi connectivity index (χ0) is 11.1. The number of carbonyl (C=O) groups is 1. The number of aromatic nitrogens is 1. The van der Waals surface area contributed by atoms with Gasteiger partial charge < -0.3 is 10.1 Å². The third kappa shape index (κ3) is 3.23. The van der Waals surface area contributed by atoms with Crippen molar-refractivity contribution in [3.63, 3.8) is 0 Å². The number of pyridine rings is 1. The van der Waals surface area contributed by atoms with Crippen LogP contribution in [0.1, 0.15) is 30.6 Å².